The van der Waals surface area contributed by atoms with Gasteiger partial charge in [-0.25, -0.2) is 4.39 Å². The number of nitrogens with zero attached hydrogens (tertiary/aromatic N) is 1. The molecular weight excluding hydrogens is 309 g/mol. The predicted molar refractivity (Wildman–Crippen MR) is 104 cm³/mol. The minimum Gasteiger partial charge on any atom is -0.298 e. The summed E-state index contributed by atoms with van der Waals surface area (Å²) >= 11 is 0. The minimum absolute atomic E-state index is 0.153. The van der Waals surface area contributed by atoms with Crippen LogP contribution in [0.4, 0.5) is 4.39 Å². The summed E-state index contributed by atoms with van der Waals surface area (Å²) in [6.45, 7) is 8.35. The normalized spacial score (nSPS) is 12.1. The molecule has 0 amide bonds. The number of hydrogen-bond donors (Lipinski definition) is 0. The third-order valence-corrected chi connectivity index (χ3v) is 4.67. The van der Waals surface area contributed by atoms with Gasteiger partial charge in [-0.3, -0.25) is 4.90 Å². The molecule has 2 heteroatoms. The Morgan fingerprint density at radius 1 is 0.800 bits per heavy atom. The van der Waals surface area contributed by atoms with Crippen molar-refractivity contribution in [3.63, 3.8) is 0 Å². The van der Waals surface area contributed by atoms with Crippen LogP contribution in [0, 0.1) is 5.82 Å². The van der Waals surface area contributed by atoms with E-state index in [1.165, 1.54) is 11.1 Å². The van der Waals surface area contributed by atoms with Crippen LogP contribution in [0.1, 0.15) is 37.5 Å². The molecule has 0 aliphatic heterocycles. The van der Waals surface area contributed by atoms with Crippen LogP contribution >= 0.6 is 0 Å². The zero-order valence-corrected chi connectivity index (χ0v) is 15.5. The molecule has 0 bridgehead atoms. The van der Waals surface area contributed by atoms with Gasteiger partial charge in [-0.1, -0.05) is 75.4 Å². The monoisotopic (exact) mass is 335 g/mol. The third-order valence-electron chi connectivity index (χ3n) is 4.67. The van der Waals surface area contributed by atoms with Crippen LogP contribution in [0.25, 0.3) is 10.8 Å². The largest absolute Gasteiger partial charge is 0.298 e. The Bertz CT molecular complexity index is 859. The van der Waals surface area contributed by atoms with E-state index in [1.54, 1.807) is 6.07 Å². The fourth-order valence-electron chi connectivity index (χ4n) is 3.23. The van der Waals surface area contributed by atoms with Gasteiger partial charge < -0.3 is 0 Å². The molecule has 1 nitrogen and oxygen atoms in total. The van der Waals surface area contributed by atoms with E-state index in [2.05, 4.69) is 57.0 Å². The molecule has 0 radical (unpaired) electrons. The third kappa shape index (κ3) is 4.08. The Kier molecular flexibility index (Phi) is 4.91. The van der Waals surface area contributed by atoms with Crippen molar-refractivity contribution in [1.29, 1.82) is 0 Å². The highest BCUT2D eigenvalue weighted by atomic mass is 19.1. The number of halogens is 1. The van der Waals surface area contributed by atoms with Gasteiger partial charge in [0.15, 0.2) is 0 Å². The molecule has 25 heavy (non-hydrogen) atoms. The van der Waals surface area contributed by atoms with Crippen LogP contribution in [-0.4, -0.2) is 11.9 Å². The Morgan fingerprint density at radius 3 is 2.08 bits per heavy atom. The van der Waals surface area contributed by atoms with Gasteiger partial charge in [0.2, 0.25) is 0 Å². The van der Waals surface area contributed by atoms with E-state index in [0.29, 0.717) is 5.39 Å². The molecule has 0 atom stereocenters. The Morgan fingerprint density at radius 2 is 1.44 bits per heavy atom. The van der Waals surface area contributed by atoms with Gasteiger partial charge in [-0.05, 0) is 40.6 Å². The molecule has 0 spiro atoms. The molecule has 0 saturated carbocycles. The standard InChI is InChI=1S/C23H26FN/c1-23(2,3)19-12-9-17(10-13-19)15-25(4)16-18-11-14-22(24)21-8-6-5-7-20(18)21/h5-14H,15-16H2,1-4H3. The molecule has 3 aromatic rings. The van der Waals surface area contributed by atoms with Crippen molar-refractivity contribution in [2.24, 2.45) is 0 Å². The molecule has 130 valence electrons. The minimum atomic E-state index is -0.153. The first-order chi connectivity index (χ1) is 11.8. The van der Waals surface area contributed by atoms with Crippen molar-refractivity contribution in [2.75, 3.05) is 7.05 Å². The quantitative estimate of drug-likeness (QED) is 0.573. The van der Waals surface area contributed by atoms with Crippen molar-refractivity contribution >= 4 is 10.8 Å². The molecule has 0 unspecified atom stereocenters. The topological polar surface area (TPSA) is 3.24 Å². The molecule has 0 aliphatic carbocycles. The van der Waals surface area contributed by atoms with Crippen LogP contribution in [0.3, 0.4) is 0 Å². The maximum Gasteiger partial charge on any atom is 0.131 e. The lowest BCUT2D eigenvalue weighted by atomic mass is 9.87. The second-order valence-electron chi connectivity index (χ2n) is 7.87. The fraction of sp³-hybridized carbons (Fsp3) is 0.304. The van der Waals surface area contributed by atoms with Crippen molar-refractivity contribution in [3.8, 4) is 0 Å². The van der Waals surface area contributed by atoms with E-state index in [-0.39, 0.29) is 11.2 Å². The van der Waals surface area contributed by atoms with E-state index < -0.39 is 0 Å². The average molecular weight is 335 g/mol. The van der Waals surface area contributed by atoms with E-state index >= 15 is 0 Å². The summed E-state index contributed by atoms with van der Waals surface area (Å²) in [4.78, 5) is 2.27. The van der Waals surface area contributed by atoms with Crippen LogP contribution in [0.5, 0.6) is 0 Å². The van der Waals surface area contributed by atoms with Crippen molar-refractivity contribution in [3.05, 3.63) is 83.2 Å². The van der Waals surface area contributed by atoms with Gasteiger partial charge in [0, 0.05) is 18.5 Å². The molecule has 0 heterocycles. The first-order valence-electron chi connectivity index (χ1n) is 8.79. The molecule has 0 saturated heterocycles. The van der Waals surface area contributed by atoms with E-state index in [1.807, 2.05) is 30.3 Å². The number of fused-ring (bicyclic) bond motifs is 1. The highest BCUT2D eigenvalue weighted by Gasteiger charge is 2.13. The molecular formula is C23H26FN. The summed E-state index contributed by atoms with van der Waals surface area (Å²) in [5.41, 5.74) is 3.98. The van der Waals surface area contributed by atoms with E-state index in [9.17, 15) is 4.39 Å². The summed E-state index contributed by atoms with van der Waals surface area (Å²) in [6, 6.07) is 20.0. The first-order valence-corrected chi connectivity index (χ1v) is 8.79. The van der Waals surface area contributed by atoms with Gasteiger partial charge in [0.1, 0.15) is 5.82 Å². The molecule has 0 aliphatic rings. The molecule has 3 aromatic carbocycles. The van der Waals surface area contributed by atoms with E-state index in [0.717, 1.165) is 24.0 Å². The van der Waals surface area contributed by atoms with Crippen molar-refractivity contribution in [2.45, 2.75) is 39.3 Å². The lowest BCUT2D eigenvalue weighted by molar-refractivity contribution is 0.320. The summed E-state index contributed by atoms with van der Waals surface area (Å²) in [7, 11) is 2.11. The van der Waals surface area contributed by atoms with Gasteiger partial charge in [0.05, 0.1) is 0 Å². The zero-order chi connectivity index (χ0) is 18.0. The Balaban J connectivity index is 1.75. The second-order valence-corrected chi connectivity index (χ2v) is 7.87. The first kappa shape index (κ1) is 17.6. The predicted octanol–water partition coefficient (Wildman–Crippen LogP) is 5.91. The highest BCUT2D eigenvalue weighted by Crippen LogP contribution is 2.24. The van der Waals surface area contributed by atoms with Gasteiger partial charge in [-0.2, -0.15) is 0 Å². The number of rotatable bonds is 4. The molecule has 3 rings (SSSR count). The maximum atomic E-state index is 14.0. The average Bonchev–Trinajstić information content (AvgIpc) is 2.57. The lowest BCUT2D eigenvalue weighted by Crippen LogP contribution is -2.18. The van der Waals surface area contributed by atoms with E-state index in [4.69, 9.17) is 0 Å². The summed E-state index contributed by atoms with van der Waals surface area (Å²) in [5.74, 6) is -0.153. The van der Waals surface area contributed by atoms with Crippen molar-refractivity contribution < 1.29 is 4.39 Å². The van der Waals surface area contributed by atoms with Crippen LogP contribution in [0.15, 0.2) is 60.7 Å². The van der Waals surface area contributed by atoms with Crippen LogP contribution < -0.4 is 0 Å². The number of hydrogen-bond acceptors (Lipinski definition) is 1. The number of benzene rings is 3. The summed E-state index contributed by atoms with van der Waals surface area (Å²) < 4.78 is 14.0. The maximum absolute atomic E-state index is 14.0. The SMILES string of the molecule is CN(Cc1ccc(C(C)(C)C)cc1)Cc1ccc(F)c2ccccc12. The van der Waals surface area contributed by atoms with Crippen LogP contribution in [-0.2, 0) is 18.5 Å². The van der Waals surface area contributed by atoms with Gasteiger partial charge >= 0.3 is 0 Å². The van der Waals surface area contributed by atoms with Crippen LogP contribution in [0.2, 0.25) is 0 Å². The summed E-state index contributed by atoms with van der Waals surface area (Å²) in [5, 5.41) is 1.69. The van der Waals surface area contributed by atoms with Crippen molar-refractivity contribution in [1.82, 2.24) is 4.90 Å². The molecule has 0 fully saturated rings. The summed E-state index contributed by atoms with van der Waals surface area (Å²) in [6.07, 6.45) is 0. The Labute approximate surface area is 150 Å². The van der Waals surface area contributed by atoms with Gasteiger partial charge in [0.25, 0.3) is 0 Å². The van der Waals surface area contributed by atoms with Gasteiger partial charge in [-0.15, -0.1) is 0 Å². The molecule has 0 N–H and O–H groups in total. The highest BCUT2D eigenvalue weighted by molar-refractivity contribution is 5.86. The molecule has 0 aromatic heterocycles. The second kappa shape index (κ2) is 6.97. The Hall–Kier alpha value is -2.19. The fourth-order valence-corrected chi connectivity index (χ4v) is 3.23. The lowest BCUT2D eigenvalue weighted by Gasteiger charge is -2.21. The smallest absolute Gasteiger partial charge is 0.131 e. The zero-order valence-electron chi connectivity index (χ0n) is 15.5.